The molecule has 0 saturated carbocycles. The highest BCUT2D eigenvalue weighted by Gasteiger charge is 2.15. The highest BCUT2D eigenvalue weighted by atomic mass is 32.2. The van der Waals surface area contributed by atoms with Gasteiger partial charge in [-0.1, -0.05) is 0 Å². The minimum Gasteiger partial charge on any atom is -0.616 e. The van der Waals surface area contributed by atoms with Gasteiger partial charge < -0.3 is 19.0 Å². The van der Waals surface area contributed by atoms with Crippen LogP contribution in [-0.2, 0) is 28.1 Å². The van der Waals surface area contributed by atoms with Gasteiger partial charge >= 0.3 is 0 Å². The van der Waals surface area contributed by atoms with Crippen molar-refractivity contribution in [2.24, 2.45) is 0 Å². The van der Waals surface area contributed by atoms with Crippen molar-refractivity contribution in [1.82, 2.24) is 0 Å². The van der Waals surface area contributed by atoms with Crippen LogP contribution in [0.25, 0.3) is 0 Å². The summed E-state index contributed by atoms with van der Waals surface area (Å²) >= 11 is -0.892. The monoisotopic (exact) mass is 347 g/mol. The smallest absolute Gasteiger partial charge is 0.224 e. The van der Waals surface area contributed by atoms with Crippen LogP contribution in [0.5, 0.6) is 5.75 Å². The van der Waals surface area contributed by atoms with Gasteiger partial charge in [0.25, 0.3) is 0 Å². The van der Waals surface area contributed by atoms with Crippen molar-refractivity contribution in [2.45, 2.75) is 31.4 Å². The summed E-state index contributed by atoms with van der Waals surface area (Å²) in [6.45, 7) is 0.600. The number of nitrogens with one attached hydrogen (secondary N) is 1. The fourth-order valence-electron chi connectivity index (χ4n) is 2.63. The van der Waals surface area contributed by atoms with Gasteiger partial charge in [0.2, 0.25) is 5.91 Å². The van der Waals surface area contributed by atoms with Gasteiger partial charge in [0.1, 0.15) is 11.5 Å². The topological polar surface area (TPSA) is 74.5 Å². The second-order valence-electron chi connectivity index (χ2n) is 5.79. The van der Waals surface area contributed by atoms with E-state index in [-0.39, 0.29) is 5.91 Å². The molecule has 3 rings (SSSR count). The lowest BCUT2D eigenvalue weighted by molar-refractivity contribution is -0.116. The van der Waals surface area contributed by atoms with Crippen LogP contribution in [-0.4, -0.2) is 22.8 Å². The van der Waals surface area contributed by atoms with Crippen LogP contribution >= 0.6 is 0 Å². The average Bonchev–Trinajstić information content (AvgIpc) is 3.07. The molecule has 1 aromatic heterocycles. The lowest BCUT2D eigenvalue weighted by atomic mass is 10.0. The highest BCUT2D eigenvalue weighted by molar-refractivity contribution is 7.90. The van der Waals surface area contributed by atoms with E-state index in [1.807, 2.05) is 30.3 Å². The SMILES string of the molecule is O=C1CCc2cc(OCCCC[S+]([O-])Cc3ccco3)ccc2N1. The summed E-state index contributed by atoms with van der Waals surface area (Å²) in [6, 6.07) is 9.41. The second kappa shape index (κ2) is 8.26. The summed E-state index contributed by atoms with van der Waals surface area (Å²) in [7, 11) is 0. The van der Waals surface area contributed by atoms with Gasteiger partial charge in [-0.3, -0.25) is 4.79 Å². The van der Waals surface area contributed by atoms with E-state index in [4.69, 9.17) is 9.15 Å². The lowest BCUT2D eigenvalue weighted by Gasteiger charge is -2.17. The van der Waals surface area contributed by atoms with Gasteiger partial charge in [0, 0.05) is 12.1 Å². The third-order valence-corrected chi connectivity index (χ3v) is 5.24. The maximum Gasteiger partial charge on any atom is 0.224 e. The minimum atomic E-state index is -0.892. The summed E-state index contributed by atoms with van der Waals surface area (Å²) in [6.07, 6.45) is 4.60. The lowest BCUT2D eigenvalue weighted by Crippen LogP contribution is -2.18. The van der Waals surface area contributed by atoms with Gasteiger partial charge in [0.15, 0.2) is 11.5 Å². The molecule has 24 heavy (non-hydrogen) atoms. The Hall–Kier alpha value is -1.92. The average molecular weight is 347 g/mol. The van der Waals surface area contributed by atoms with E-state index >= 15 is 0 Å². The summed E-state index contributed by atoms with van der Waals surface area (Å²) in [5.41, 5.74) is 2.00. The number of unbranched alkanes of at least 4 members (excludes halogenated alkanes) is 1. The van der Waals surface area contributed by atoms with E-state index in [9.17, 15) is 9.35 Å². The number of carbonyl (C=O) groups excluding carboxylic acids is 1. The van der Waals surface area contributed by atoms with Crippen molar-refractivity contribution in [3.63, 3.8) is 0 Å². The maximum atomic E-state index is 11.9. The predicted octanol–water partition coefficient (Wildman–Crippen LogP) is 3.27. The number of benzene rings is 1. The molecule has 1 amide bonds. The third kappa shape index (κ3) is 4.79. The van der Waals surface area contributed by atoms with Crippen LogP contribution in [0, 0.1) is 0 Å². The Morgan fingerprint density at radius 3 is 3.00 bits per heavy atom. The Morgan fingerprint density at radius 2 is 2.17 bits per heavy atom. The number of anilines is 1. The molecule has 2 aromatic rings. The van der Waals surface area contributed by atoms with Gasteiger partial charge in [-0.05, 0) is 66.3 Å². The van der Waals surface area contributed by atoms with Gasteiger partial charge in [-0.2, -0.15) is 0 Å². The van der Waals surface area contributed by atoms with Crippen molar-refractivity contribution >= 4 is 22.8 Å². The standard InChI is InChI=1S/C18H21NO4S/c20-18-8-5-14-12-15(6-7-17(14)19-18)22-9-1-2-11-24(21)13-16-4-3-10-23-16/h3-4,6-7,10,12H,1-2,5,8-9,11,13H2,(H,19,20). The zero-order chi connectivity index (χ0) is 16.8. The molecule has 0 radical (unpaired) electrons. The van der Waals surface area contributed by atoms with Crippen molar-refractivity contribution < 1.29 is 18.5 Å². The zero-order valence-corrected chi connectivity index (χ0v) is 14.3. The number of aryl methyl sites for hydroxylation is 1. The number of fused-ring (bicyclic) bond motifs is 1. The number of hydrogen-bond donors (Lipinski definition) is 1. The molecule has 1 aromatic carbocycles. The molecule has 0 aliphatic carbocycles. The Labute approximate surface area is 144 Å². The number of ether oxygens (including phenoxy) is 1. The second-order valence-corrected chi connectivity index (χ2v) is 7.37. The normalized spacial score (nSPS) is 14.8. The molecule has 128 valence electrons. The molecule has 6 heteroatoms. The summed E-state index contributed by atoms with van der Waals surface area (Å²) in [5.74, 6) is 2.79. The first-order valence-electron chi connectivity index (χ1n) is 8.13. The van der Waals surface area contributed by atoms with Crippen LogP contribution in [0.4, 0.5) is 5.69 Å². The largest absolute Gasteiger partial charge is 0.616 e. The predicted molar refractivity (Wildman–Crippen MR) is 93.5 cm³/mol. The van der Waals surface area contributed by atoms with E-state index in [0.717, 1.165) is 42.0 Å². The van der Waals surface area contributed by atoms with E-state index in [1.54, 1.807) is 6.26 Å². The van der Waals surface area contributed by atoms with Crippen LogP contribution in [0.2, 0.25) is 0 Å². The van der Waals surface area contributed by atoms with Crippen LogP contribution in [0.1, 0.15) is 30.6 Å². The summed E-state index contributed by atoms with van der Waals surface area (Å²) in [4.78, 5) is 11.3. The number of rotatable bonds is 8. The number of carbonyl (C=O) groups is 1. The van der Waals surface area contributed by atoms with E-state index in [0.29, 0.717) is 24.5 Å². The number of hydrogen-bond acceptors (Lipinski definition) is 4. The Balaban J connectivity index is 1.35. The number of furan rings is 1. The quantitative estimate of drug-likeness (QED) is 0.587. The molecular formula is C18H21NO4S. The Morgan fingerprint density at radius 1 is 1.25 bits per heavy atom. The molecule has 1 unspecified atom stereocenters. The first kappa shape index (κ1) is 16.9. The molecule has 1 N–H and O–H groups in total. The van der Waals surface area contributed by atoms with Crippen LogP contribution < -0.4 is 10.1 Å². The number of amides is 1. The van der Waals surface area contributed by atoms with Crippen LogP contribution in [0.3, 0.4) is 0 Å². The third-order valence-electron chi connectivity index (χ3n) is 3.89. The van der Waals surface area contributed by atoms with E-state index < -0.39 is 11.2 Å². The molecular weight excluding hydrogens is 326 g/mol. The van der Waals surface area contributed by atoms with Gasteiger partial charge in [0.05, 0.1) is 12.9 Å². The van der Waals surface area contributed by atoms with Crippen molar-refractivity contribution in [2.75, 3.05) is 17.7 Å². The zero-order valence-electron chi connectivity index (χ0n) is 13.5. The molecule has 1 aliphatic rings. The molecule has 0 spiro atoms. The Kier molecular flexibility index (Phi) is 5.82. The molecule has 1 aliphatic heterocycles. The van der Waals surface area contributed by atoms with Crippen LogP contribution in [0.15, 0.2) is 41.0 Å². The molecule has 1 atom stereocenters. The van der Waals surface area contributed by atoms with Crippen molar-refractivity contribution in [3.05, 3.63) is 47.9 Å². The molecule has 2 heterocycles. The fourth-order valence-corrected chi connectivity index (χ4v) is 3.78. The molecule has 0 fully saturated rings. The summed E-state index contributed by atoms with van der Waals surface area (Å²) < 4.78 is 22.9. The van der Waals surface area contributed by atoms with Gasteiger partial charge in [-0.25, -0.2) is 0 Å². The van der Waals surface area contributed by atoms with Crippen molar-refractivity contribution in [3.8, 4) is 5.75 Å². The first-order valence-corrected chi connectivity index (χ1v) is 9.62. The minimum absolute atomic E-state index is 0.0683. The molecule has 5 nitrogen and oxygen atoms in total. The molecule has 0 bridgehead atoms. The summed E-state index contributed by atoms with van der Waals surface area (Å²) in [5, 5.41) is 2.86. The highest BCUT2D eigenvalue weighted by Crippen LogP contribution is 2.26. The fraction of sp³-hybridized carbons (Fsp3) is 0.389. The van der Waals surface area contributed by atoms with Crippen molar-refractivity contribution in [1.29, 1.82) is 0 Å². The molecule has 0 saturated heterocycles. The van der Waals surface area contributed by atoms with Gasteiger partial charge in [-0.15, -0.1) is 0 Å². The Bertz CT molecular complexity index is 672. The van der Waals surface area contributed by atoms with E-state index in [2.05, 4.69) is 5.32 Å². The van der Waals surface area contributed by atoms with E-state index in [1.165, 1.54) is 0 Å². The first-order chi connectivity index (χ1) is 11.7. The maximum absolute atomic E-state index is 11.9.